The van der Waals surface area contributed by atoms with E-state index in [0.717, 1.165) is 0 Å². The van der Waals surface area contributed by atoms with Gasteiger partial charge in [-0.1, -0.05) is 0 Å². The topological polar surface area (TPSA) is 95.1 Å². The van der Waals surface area contributed by atoms with Crippen molar-refractivity contribution in [2.45, 2.75) is 32.0 Å². The first kappa shape index (κ1) is 10.7. The standard InChI is InChI=1S/C7H13N5O2/c1-6(2,3)11-4-7(5-11,9-10-8)12(13)14/h4-5H2,1-3H3. The summed E-state index contributed by atoms with van der Waals surface area (Å²) in [6.07, 6.45) is 0. The highest BCUT2D eigenvalue weighted by Crippen LogP contribution is 2.32. The molecule has 0 N–H and O–H groups in total. The molecule has 1 rings (SSSR count). The predicted molar refractivity (Wildman–Crippen MR) is 50.2 cm³/mol. The van der Waals surface area contributed by atoms with Crippen LogP contribution in [0.4, 0.5) is 0 Å². The number of azide groups is 1. The average Bonchev–Trinajstić information content (AvgIpc) is 1.92. The third-order valence-corrected chi connectivity index (χ3v) is 2.41. The molecule has 0 aliphatic carbocycles. The molecule has 7 heteroatoms. The molecule has 0 unspecified atom stereocenters. The Morgan fingerprint density at radius 3 is 2.36 bits per heavy atom. The third kappa shape index (κ3) is 1.64. The molecule has 0 spiro atoms. The van der Waals surface area contributed by atoms with E-state index < -0.39 is 10.6 Å². The second-order valence-electron chi connectivity index (χ2n) is 4.46. The monoisotopic (exact) mass is 199 g/mol. The largest absolute Gasteiger partial charge is 0.325 e. The normalized spacial score (nSPS) is 20.8. The summed E-state index contributed by atoms with van der Waals surface area (Å²) >= 11 is 0. The zero-order valence-corrected chi connectivity index (χ0v) is 8.47. The maximum Gasteiger partial charge on any atom is 0.325 e. The molecule has 1 aliphatic rings. The van der Waals surface area contributed by atoms with Gasteiger partial charge in [0.15, 0.2) is 0 Å². The van der Waals surface area contributed by atoms with Gasteiger partial charge >= 0.3 is 5.66 Å². The quantitative estimate of drug-likeness (QED) is 0.221. The Morgan fingerprint density at radius 1 is 1.57 bits per heavy atom. The number of nitrogens with zero attached hydrogens (tertiary/aromatic N) is 5. The van der Waals surface area contributed by atoms with Gasteiger partial charge in [0.1, 0.15) is 0 Å². The lowest BCUT2D eigenvalue weighted by Gasteiger charge is -2.47. The smallest absolute Gasteiger partial charge is 0.284 e. The molecule has 78 valence electrons. The molecule has 0 saturated carbocycles. The van der Waals surface area contributed by atoms with Crippen molar-refractivity contribution in [1.82, 2.24) is 4.90 Å². The maximum absolute atomic E-state index is 10.7. The van der Waals surface area contributed by atoms with Crippen LogP contribution in [0.5, 0.6) is 0 Å². The second kappa shape index (κ2) is 3.11. The van der Waals surface area contributed by atoms with Crippen LogP contribution in [0.1, 0.15) is 20.8 Å². The van der Waals surface area contributed by atoms with E-state index in [1.165, 1.54) is 0 Å². The predicted octanol–water partition coefficient (Wildman–Crippen LogP) is 1.38. The van der Waals surface area contributed by atoms with Gasteiger partial charge in [-0.2, -0.15) is 0 Å². The Morgan fingerprint density at radius 2 is 2.07 bits per heavy atom. The Kier molecular flexibility index (Phi) is 2.39. The molecule has 0 aromatic carbocycles. The molecule has 1 heterocycles. The lowest BCUT2D eigenvalue weighted by atomic mass is 9.93. The van der Waals surface area contributed by atoms with Crippen LogP contribution < -0.4 is 0 Å². The Hall–Kier alpha value is -1.33. The highest BCUT2D eigenvalue weighted by Gasteiger charge is 2.56. The summed E-state index contributed by atoms with van der Waals surface area (Å²) in [6, 6.07) is 0. The Bertz CT molecular complexity index is 292. The summed E-state index contributed by atoms with van der Waals surface area (Å²) in [5, 5.41) is 13.9. The minimum absolute atomic E-state index is 0.121. The van der Waals surface area contributed by atoms with Crippen LogP contribution in [0.15, 0.2) is 5.11 Å². The fourth-order valence-corrected chi connectivity index (χ4v) is 1.34. The highest BCUT2D eigenvalue weighted by atomic mass is 16.6. The molecule has 0 bridgehead atoms. The van der Waals surface area contributed by atoms with Gasteiger partial charge < -0.3 is 0 Å². The van der Waals surface area contributed by atoms with Crippen LogP contribution in [-0.2, 0) is 0 Å². The van der Waals surface area contributed by atoms with Crippen LogP contribution in [0.2, 0.25) is 0 Å². The molecular weight excluding hydrogens is 186 g/mol. The lowest BCUT2D eigenvalue weighted by molar-refractivity contribution is -0.589. The molecule has 0 amide bonds. The van der Waals surface area contributed by atoms with Gasteiger partial charge in [0.05, 0.1) is 13.1 Å². The molecule has 7 nitrogen and oxygen atoms in total. The van der Waals surface area contributed by atoms with Crippen LogP contribution in [0.25, 0.3) is 10.4 Å². The second-order valence-corrected chi connectivity index (χ2v) is 4.46. The van der Waals surface area contributed by atoms with Gasteiger partial charge in [0.2, 0.25) is 0 Å². The van der Waals surface area contributed by atoms with E-state index in [2.05, 4.69) is 10.0 Å². The van der Waals surface area contributed by atoms with Gasteiger partial charge in [-0.3, -0.25) is 15.0 Å². The van der Waals surface area contributed by atoms with Crippen molar-refractivity contribution in [2.75, 3.05) is 13.1 Å². The van der Waals surface area contributed by atoms with E-state index >= 15 is 0 Å². The number of hydrogen-bond donors (Lipinski definition) is 0. The summed E-state index contributed by atoms with van der Waals surface area (Å²) in [5.41, 5.74) is 6.68. The molecule has 1 saturated heterocycles. The van der Waals surface area contributed by atoms with E-state index in [9.17, 15) is 10.1 Å². The zero-order chi connectivity index (χ0) is 11.0. The molecule has 0 radical (unpaired) electrons. The molecular formula is C7H13N5O2. The van der Waals surface area contributed by atoms with Crippen LogP contribution in [0, 0.1) is 10.1 Å². The number of rotatable bonds is 2. The van der Waals surface area contributed by atoms with Crippen molar-refractivity contribution < 1.29 is 4.92 Å². The molecule has 0 atom stereocenters. The van der Waals surface area contributed by atoms with Gasteiger partial charge in [-0.05, 0) is 31.4 Å². The highest BCUT2D eigenvalue weighted by molar-refractivity contribution is 4.99. The van der Waals surface area contributed by atoms with Crippen molar-refractivity contribution in [3.63, 3.8) is 0 Å². The Balaban J connectivity index is 2.75. The van der Waals surface area contributed by atoms with Crippen molar-refractivity contribution in [2.24, 2.45) is 5.11 Å². The molecule has 0 aromatic heterocycles. The van der Waals surface area contributed by atoms with Gasteiger partial charge in [0, 0.05) is 15.4 Å². The Labute approximate surface area is 81.5 Å². The first-order valence-corrected chi connectivity index (χ1v) is 4.28. The van der Waals surface area contributed by atoms with Gasteiger partial charge in [-0.15, -0.1) is 0 Å². The van der Waals surface area contributed by atoms with E-state index in [-0.39, 0.29) is 18.6 Å². The third-order valence-electron chi connectivity index (χ3n) is 2.41. The molecule has 1 fully saturated rings. The minimum atomic E-state index is -1.44. The summed E-state index contributed by atoms with van der Waals surface area (Å²) < 4.78 is 0. The fraction of sp³-hybridized carbons (Fsp3) is 1.00. The summed E-state index contributed by atoms with van der Waals surface area (Å²) in [5.74, 6) is 0. The molecule has 0 aromatic rings. The van der Waals surface area contributed by atoms with Crippen molar-refractivity contribution >= 4 is 0 Å². The zero-order valence-electron chi connectivity index (χ0n) is 8.47. The van der Waals surface area contributed by atoms with E-state index in [4.69, 9.17) is 5.53 Å². The number of nitro groups is 1. The van der Waals surface area contributed by atoms with Gasteiger partial charge in [0.25, 0.3) is 0 Å². The van der Waals surface area contributed by atoms with Crippen LogP contribution in [0.3, 0.4) is 0 Å². The van der Waals surface area contributed by atoms with Crippen molar-refractivity contribution in [3.8, 4) is 0 Å². The molecule has 14 heavy (non-hydrogen) atoms. The van der Waals surface area contributed by atoms with Crippen LogP contribution in [-0.4, -0.2) is 34.1 Å². The summed E-state index contributed by atoms with van der Waals surface area (Å²) in [7, 11) is 0. The number of likely N-dealkylation sites (tertiary alicyclic amines) is 1. The SMILES string of the molecule is CC(C)(C)N1CC(N=[N+]=[N-])([N+](=O)[O-])C1. The fourth-order valence-electron chi connectivity index (χ4n) is 1.34. The number of hydrogen-bond acceptors (Lipinski definition) is 4. The van der Waals surface area contributed by atoms with E-state index in [1.54, 1.807) is 0 Å². The first-order chi connectivity index (χ1) is 6.32. The molecule has 1 aliphatic heterocycles. The minimum Gasteiger partial charge on any atom is -0.284 e. The average molecular weight is 199 g/mol. The lowest BCUT2D eigenvalue weighted by Crippen LogP contribution is -2.69. The summed E-state index contributed by atoms with van der Waals surface area (Å²) in [6.45, 7) is 6.27. The van der Waals surface area contributed by atoms with E-state index in [1.807, 2.05) is 25.7 Å². The maximum atomic E-state index is 10.7. The van der Waals surface area contributed by atoms with Crippen LogP contribution >= 0.6 is 0 Å². The van der Waals surface area contributed by atoms with Gasteiger partial charge in [-0.25, -0.2) is 0 Å². The van der Waals surface area contributed by atoms with E-state index in [0.29, 0.717) is 0 Å². The van der Waals surface area contributed by atoms with Crippen molar-refractivity contribution in [1.29, 1.82) is 0 Å². The summed E-state index contributed by atoms with van der Waals surface area (Å²) in [4.78, 5) is 14.6. The van der Waals surface area contributed by atoms with Crippen molar-refractivity contribution in [3.05, 3.63) is 20.6 Å². The first-order valence-electron chi connectivity index (χ1n) is 4.28.